The van der Waals surface area contributed by atoms with Crippen molar-refractivity contribution in [3.8, 4) is 11.5 Å². The highest BCUT2D eigenvalue weighted by Gasteiger charge is 2.38. The van der Waals surface area contributed by atoms with Crippen LogP contribution in [0.5, 0.6) is 11.5 Å². The summed E-state index contributed by atoms with van der Waals surface area (Å²) in [5.74, 6) is -0.630. The number of anilines is 1. The third kappa shape index (κ3) is 5.86. The summed E-state index contributed by atoms with van der Waals surface area (Å²) in [7, 11) is 1.48. The number of hydrogen-bond acceptors (Lipinski definition) is 8. The summed E-state index contributed by atoms with van der Waals surface area (Å²) >= 11 is 0. The number of pyridine rings is 1. The molecule has 2 aromatic rings. The Morgan fingerprint density at radius 3 is 2.65 bits per heavy atom. The van der Waals surface area contributed by atoms with Gasteiger partial charge in [-0.15, -0.1) is 0 Å². The number of fused-ring (bicyclic) bond motifs is 1. The molecule has 2 atom stereocenters. The van der Waals surface area contributed by atoms with Gasteiger partial charge in [-0.1, -0.05) is 26.0 Å². The molecule has 200 valence electrons. The smallest absolute Gasteiger partial charge is 0.339 e. The molecule has 1 aromatic carbocycles. The second kappa shape index (κ2) is 12.1. The predicted octanol–water partition coefficient (Wildman–Crippen LogP) is 2.99. The van der Waals surface area contributed by atoms with E-state index in [1.807, 2.05) is 26.0 Å². The fourth-order valence-electron chi connectivity index (χ4n) is 4.50. The first kappa shape index (κ1) is 27.9. The molecule has 0 radical (unpaired) electrons. The van der Waals surface area contributed by atoms with Crippen molar-refractivity contribution in [3.63, 3.8) is 0 Å². The number of aliphatic hydroxyl groups excluding tert-OH is 1. The molecule has 3 rings (SSSR count). The number of aliphatic hydroxyl groups is 1. The van der Waals surface area contributed by atoms with Gasteiger partial charge < -0.3 is 35.5 Å². The quantitative estimate of drug-likeness (QED) is 0.314. The van der Waals surface area contributed by atoms with Crippen LogP contribution in [-0.2, 0) is 16.8 Å². The number of benzene rings is 1. The third-order valence-corrected chi connectivity index (χ3v) is 6.50. The van der Waals surface area contributed by atoms with Gasteiger partial charge in [0.05, 0.1) is 43.4 Å². The van der Waals surface area contributed by atoms with E-state index in [0.29, 0.717) is 53.3 Å². The fourth-order valence-corrected chi connectivity index (χ4v) is 4.50. The van der Waals surface area contributed by atoms with E-state index in [1.54, 1.807) is 25.1 Å². The van der Waals surface area contributed by atoms with Crippen molar-refractivity contribution in [2.45, 2.75) is 51.7 Å². The summed E-state index contributed by atoms with van der Waals surface area (Å²) in [6.07, 6.45) is 5.47. The number of carbonyl (C=O) groups is 2. The molecule has 0 aliphatic heterocycles. The maximum atomic E-state index is 13.0. The van der Waals surface area contributed by atoms with Crippen molar-refractivity contribution < 1.29 is 34.0 Å². The number of aromatic nitrogens is 1. The van der Waals surface area contributed by atoms with Crippen LogP contribution in [0.15, 0.2) is 30.4 Å². The number of allylic oxidation sites excluding steroid dienone is 1. The number of methoxy groups -OCH3 is 1. The molecule has 0 bridgehead atoms. The molecule has 10 nitrogen and oxygen atoms in total. The van der Waals surface area contributed by atoms with Crippen LogP contribution < -0.4 is 20.5 Å². The number of amides is 1. The molecular weight excluding hydrogens is 478 g/mol. The van der Waals surface area contributed by atoms with Crippen LogP contribution in [0.4, 0.5) is 5.69 Å². The van der Waals surface area contributed by atoms with Gasteiger partial charge in [-0.05, 0) is 38.0 Å². The Labute approximate surface area is 216 Å². The number of ether oxygens (including phenoxy) is 3. The first-order chi connectivity index (χ1) is 17.7. The third-order valence-electron chi connectivity index (χ3n) is 6.50. The van der Waals surface area contributed by atoms with E-state index >= 15 is 0 Å². The average molecular weight is 514 g/mol. The number of nitrogens with one attached hydrogen (secondary N) is 1. The minimum absolute atomic E-state index is 0.0174. The van der Waals surface area contributed by atoms with Gasteiger partial charge in [0, 0.05) is 17.5 Å². The molecule has 0 saturated carbocycles. The second-order valence-electron chi connectivity index (χ2n) is 8.79. The van der Waals surface area contributed by atoms with Gasteiger partial charge in [0.1, 0.15) is 17.8 Å². The standard InChI is InChI=1S/C27H35N3O7/c1-5-18(30-25(32)17-9-10-20(36-13-12-31)21(14-17)35-4)15-37-27(6-2)11-7-8-19-23(27)24(28)22(26(33)34)16(3)29-19/h7,9-11,14,18,31H,5-6,8,12-13,15H2,1-4H3,(H2,28,29)(H,30,32)(H,33,34). The molecule has 1 amide bonds. The maximum absolute atomic E-state index is 13.0. The van der Waals surface area contributed by atoms with Crippen molar-refractivity contribution in [1.29, 1.82) is 0 Å². The second-order valence-corrected chi connectivity index (χ2v) is 8.79. The summed E-state index contributed by atoms with van der Waals surface area (Å²) < 4.78 is 17.2. The molecule has 1 aliphatic rings. The Morgan fingerprint density at radius 1 is 1.27 bits per heavy atom. The summed E-state index contributed by atoms with van der Waals surface area (Å²) in [6.45, 7) is 5.65. The Balaban J connectivity index is 1.81. The Hall–Kier alpha value is -3.63. The number of nitrogen functional groups attached to an aromatic ring is 1. The van der Waals surface area contributed by atoms with Gasteiger partial charge in [0.25, 0.3) is 5.91 Å². The Kier molecular flexibility index (Phi) is 9.12. The molecule has 2 unspecified atom stereocenters. The molecule has 1 aliphatic carbocycles. The van der Waals surface area contributed by atoms with Crippen molar-refractivity contribution >= 4 is 17.6 Å². The minimum Gasteiger partial charge on any atom is -0.493 e. The number of rotatable bonds is 12. The number of hydrogen-bond donors (Lipinski definition) is 4. The number of carboxylic acids is 1. The van der Waals surface area contributed by atoms with Crippen molar-refractivity contribution in [2.24, 2.45) is 0 Å². The maximum Gasteiger partial charge on any atom is 0.339 e. The van der Waals surface area contributed by atoms with Crippen LogP contribution in [-0.4, -0.2) is 60.0 Å². The molecule has 1 heterocycles. The summed E-state index contributed by atoms with van der Waals surface area (Å²) in [5, 5.41) is 21.7. The minimum atomic E-state index is -1.13. The molecule has 0 spiro atoms. The summed E-state index contributed by atoms with van der Waals surface area (Å²) in [6, 6.07) is 4.48. The van der Waals surface area contributed by atoms with E-state index in [2.05, 4.69) is 10.3 Å². The molecule has 5 N–H and O–H groups in total. The van der Waals surface area contributed by atoms with Gasteiger partial charge in [0.2, 0.25) is 0 Å². The highest BCUT2D eigenvalue weighted by atomic mass is 16.5. The lowest BCUT2D eigenvalue weighted by Gasteiger charge is -2.37. The lowest BCUT2D eigenvalue weighted by atomic mass is 9.82. The zero-order valence-corrected chi connectivity index (χ0v) is 21.7. The number of aromatic carboxylic acids is 1. The monoisotopic (exact) mass is 513 g/mol. The van der Waals surface area contributed by atoms with Crippen molar-refractivity contribution in [2.75, 3.05) is 32.7 Å². The first-order valence-corrected chi connectivity index (χ1v) is 12.3. The summed E-state index contributed by atoms with van der Waals surface area (Å²) in [5.41, 5.74) is 7.58. The van der Waals surface area contributed by atoms with Gasteiger partial charge in [0.15, 0.2) is 11.5 Å². The summed E-state index contributed by atoms with van der Waals surface area (Å²) in [4.78, 5) is 29.4. The zero-order valence-electron chi connectivity index (χ0n) is 21.7. The van der Waals surface area contributed by atoms with E-state index in [4.69, 9.17) is 25.1 Å². The molecule has 0 fully saturated rings. The Bertz CT molecular complexity index is 1180. The molecule has 37 heavy (non-hydrogen) atoms. The largest absolute Gasteiger partial charge is 0.493 e. The fraction of sp³-hybridized carbons (Fsp3) is 0.444. The average Bonchev–Trinajstić information content (AvgIpc) is 2.88. The normalized spacial score (nSPS) is 17.1. The molecular formula is C27H35N3O7. The van der Waals surface area contributed by atoms with E-state index in [0.717, 1.165) is 0 Å². The SMILES string of the molecule is CCC(COC1(CC)C=CCc2nc(C)c(C(=O)O)c(N)c21)NC(=O)c1ccc(OCCO)c(OC)c1. The number of carbonyl (C=O) groups excluding carboxylic acids is 1. The molecule has 0 saturated heterocycles. The van der Waals surface area contributed by atoms with E-state index < -0.39 is 11.6 Å². The van der Waals surface area contributed by atoms with Gasteiger partial charge in [-0.3, -0.25) is 9.78 Å². The van der Waals surface area contributed by atoms with E-state index in [1.165, 1.54) is 7.11 Å². The van der Waals surface area contributed by atoms with Crippen LogP contribution in [0.25, 0.3) is 0 Å². The highest BCUT2D eigenvalue weighted by Crippen LogP contribution is 2.42. The van der Waals surface area contributed by atoms with Crippen LogP contribution in [0, 0.1) is 6.92 Å². The Morgan fingerprint density at radius 2 is 2.03 bits per heavy atom. The number of aryl methyl sites for hydroxylation is 1. The lowest BCUT2D eigenvalue weighted by Crippen LogP contribution is -2.42. The number of carboxylic acid groups (broad SMARTS) is 1. The van der Waals surface area contributed by atoms with Gasteiger partial charge >= 0.3 is 5.97 Å². The number of nitrogens with two attached hydrogens (primary N) is 1. The topological polar surface area (TPSA) is 153 Å². The van der Waals surface area contributed by atoms with Crippen molar-refractivity contribution in [3.05, 3.63) is 58.4 Å². The van der Waals surface area contributed by atoms with Crippen LogP contribution >= 0.6 is 0 Å². The van der Waals surface area contributed by atoms with Crippen LogP contribution in [0.1, 0.15) is 64.4 Å². The lowest BCUT2D eigenvalue weighted by molar-refractivity contribution is -0.0276. The zero-order chi connectivity index (χ0) is 27.2. The van der Waals surface area contributed by atoms with Crippen LogP contribution in [0.2, 0.25) is 0 Å². The van der Waals surface area contributed by atoms with E-state index in [-0.39, 0.29) is 43.0 Å². The molecule has 10 heteroatoms. The highest BCUT2D eigenvalue weighted by molar-refractivity contribution is 5.96. The number of nitrogens with zero attached hydrogens (tertiary/aromatic N) is 1. The van der Waals surface area contributed by atoms with Crippen molar-refractivity contribution in [1.82, 2.24) is 10.3 Å². The molecule has 1 aromatic heterocycles. The van der Waals surface area contributed by atoms with E-state index in [9.17, 15) is 14.7 Å². The van der Waals surface area contributed by atoms with Gasteiger partial charge in [-0.25, -0.2) is 4.79 Å². The van der Waals surface area contributed by atoms with Gasteiger partial charge in [-0.2, -0.15) is 0 Å². The first-order valence-electron chi connectivity index (χ1n) is 12.3. The van der Waals surface area contributed by atoms with Crippen LogP contribution in [0.3, 0.4) is 0 Å². The predicted molar refractivity (Wildman–Crippen MR) is 138 cm³/mol.